The van der Waals surface area contributed by atoms with E-state index in [1.54, 1.807) is 7.05 Å². The Hall–Kier alpha value is -0.870. The van der Waals surface area contributed by atoms with Gasteiger partial charge < -0.3 is 10.6 Å². The van der Waals surface area contributed by atoms with Crippen LogP contribution in [0.25, 0.3) is 0 Å². The van der Waals surface area contributed by atoms with Crippen LogP contribution in [0.15, 0.2) is 29.3 Å². The van der Waals surface area contributed by atoms with Crippen molar-refractivity contribution < 1.29 is 8.42 Å². The third-order valence-electron chi connectivity index (χ3n) is 4.42. The summed E-state index contributed by atoms with van der Waals surface area (Å²) in [4.78, 5) is 4.30. The summed E-state index contributed by atoms with van der Waals surface area (Å²) in [5, 5.41) is 6.82. The van der Waals surface area contributed by atoms with Crippen LogP contribution in [0, 0.1) is 0 Å². The zero-order valence-electron chi connectivity index (χ0n) is 16.5. The molecule has 3 N–H and O–H groups in total. The molecule has 0 atom stereocenters. The number of hydrogen-bond acceptors (Lipinski definition) is 3. The van der Waals surface area contributed by atoms with Gasteiger partial charge in [-0.1, -0.05) is 43.5 Å². The molecular weight excluding hydrogens is 475 g/mol. The first-order chi connectivity index (χ1) is 12.4. The van der Waals surface area contributed by atoms with E-state index in [0.29, 0.717) is 12.6 Å². The van der Waals surface area contributed by atoms with Gasteiger partial charge in [0.2, 0.25) is 10.0 Å². The number of nitrogens with one attached hydrogen (secondary N) is 3. The second-order valence-electron chi connectivity index (χ2n) is 7.25. The summed E-state index contributed by atoms with van der Waals surface area (Å²) >= 11 is 0. The molecule has 6 nitrogen and oxygen atoms in total. The second-order valence-corrected chi connectivity index (χ2v) is 9.01. The summed E-state index contributed by atoms with van der Waals surface area (Å²) in [6.07, 6.45) is 6.30. The Morgan fingerprint density at radius 2 is 1.70 bits per heavy atom. The van der Waals surface area contributed by atoms with Gasteiger partial charge >= 0.3 is 0 Å². The van der Waals surface area contributed by atoms with E-state index in [-0.39, 0.29) is 35.8 Å². The number of sulfonamides is 1. The average molecular weight is 508 g/mol. The van der Waals surface area contributed by atoms with Crippen molar-refractivity contribution in [3.05, 3.63) is 35.4 Å². The lowest BCUT2D eigenvalue weighted by atomic mass is 9.96. The van der Waals surface area contributed by atoms with E-state index in [1.165, 1.54) is 32.1 Å². The fourth-order valence-corrected chi connectivity index (χ4v) is 4.63. The molecule has 1 aromatic rings. The molecule has 1 aliphatic rings. The van der Waals surface area contributed by atoms with Crippen LogP contribution in [-0.2, 0) is 22.3 Å². The molecule has 0 saturated heterocycles. The molecule has 1 aromatic carbocycles. The summed E-state index contributed by atoms with van der Waals surface area (Å²) in [6, 6.07) is 8.08. The first-order valence-corrected chi connectivity index (χ1v) is 11.1. The van der Waals surface area contributed by atoms with Crippen molar-refractivity contribution in [3.63, 3.8) is 0 Å². The smallest absolute Gasteiger partial charge is 0.216 e. The van der Waals surface area contributed by atoms with E-state index in [4.69, 9.17) is 0 Å². The quantitative estimate of drug-likeness (QED) is 0.300. The molecule has 2 rings (SSSR count). The topological polar surface area (TPSA) is 82.6 Å². The summed E-state index contributed by atoms with van der Waals surface area (Å²) in [5.74, 6) is 0.828. The normalized spacial score (nSPS) is 16.1. The van der Waals surface area contributed by atoms with Gasteiger partial charge in [-0.25, -0.2) is 13.1 Å². The van der Waals surface area contributed by atoms with Crippen molar-refractivity contribution in [2.75, 3.05) is 7.05 Å². The number of benzene rings is 1. The van der Waals surface area contributed by atoms with Crippen molar-refractivity contribution >= 4 is 40.0 Å². The molecule has 0 radical (unpaired) electrons. The molecule has 27 heavy (non-hydrogen) atoms. The van der Waals surface area contributed by atoms with E-state index >= 15 is 0 Å². The Balaban J connectivity index is 0.00000364. The molecule has 1 saturated carbocycles. The fourth-order valence-electron chi connectivity index (χ4n) is 3.19. The Morgan fingerprint density at radius 3 is 2.26 bits per heavy atom. The van der Waals surface area contributed by atoms with Crippen LogP contribution in [0.5, 0.6) is 0 Å². The summed E-state index contributed by atoms with van der Waals surface area (Å²) in [7, 11) is -1.50. The molecule has 0 spiro atoms. The van der Waals surface area contributed by atoms with Gasteiger partial charge in [0.25, 0.3) is 0 Å². The molecule has 0 amide bonds. The Labute approximate surface area is 181 Å². The van der Waals surface area contributed by atoms with Gasteiger partial charge in [-0.3, -0.25) is 4.99 Å². The van der Waals surface area contributed by atoms with Gasteiger partial charge in [-0.05, 0) is 37.8 Å². The number of nitrogens with zero attached hydrogens (tertiary/aromatic N) is 1. The highest BCUT2D eigenvalue weighted by Gasteiger charge is 2.15. The lowest BCUT2D eigenvalue weighted by molar-refractivity contribution is 0.410. The van der Waals surface area contributed by atoms with Gasteiger partial charge in [0.05, 0.1) is 5.75 Å². The molecule has 8 heteroatoms. The minimum atomic E-state index is -3.29. The van der Waals surface area contributed by atoms with Crippen molar-refractivity contribution in [1.82, 2.24) is 15.4 Å². The SMILES string of the molecule is CN=C(NCc1ccc(CS(=O)(=O)NC(C)C)cc1)NC1CCCCC1.I. The van der Waals surface area contributed by atoms with Crippen molar-refractivity contribution in [1.29, 1.82) is 0 Å². The van der Waals surface area contributed by atoms with Gasteiger partial charge in [0.1, 0.15) is 0 Å². The largest absolute Gasteiger partial charge is 0.354 e. The maximum Gasteiger partial charge on any atom is 0.216 e. The van der Waals surface area contributed by atoms with Crippen LogP contribution in [-0.4, -0.2) is 33.5 Å². The summed E-state index contributed by atoms with van der Waals surface area (Å²) in [6.45, 7) is 4.30. The molecular formula is C19H33IN4O2S. The minimum absolute atomic E-state index is 0. The van der Waals surface area contributed by atoms with E-state index in [1.807, 2.05) is 38.1 Å². The highest BCUT2D eigenvalue weighted by molar-refractivity contribution is 14.0. The van der Waals surface area contributed by atoms with Crippen molar-refractivity contribution in [2.24, 2.45) is 4.99 Å². The number of guanidine groups is 1. The number of rotatable bonds is 7. The van der Waals surface area contributed by atoms with Crippen LogP contribution in [0.2, 0.25) is 0 Å². The van der Waals surface area contributed by atoms with E-state index in [2.05, 4.69) is 20.3 Å². The van der Waals surface area contributed by atoms with E-state index in [9.17, 15) is 8.42 Å². The second kappa shape index (κ2) is 11.9. The Bertz CT molecular complexity index is 684. The third-order valence-corrected chi connectivity index (χ3v) is 5.97. The average Bonchev–Trinajstić information content (AvgIpc) is 2.59. The number of aliphatic imine (C=N–C) groups is 1. The number of hydrogen-bond donors (Lipinski definition) is 3. The molecule has 0 aliphatic heterocycles. The van der Waals surface area contributed by atoms with Crippen molar-refractivity contribution in [3.8, 4) is 0 Å². The zero-order chi connectivity index (χ0) is 19.0. The monoisotopic (exact) mass is 508 g/mol. The maximum absolute atomic E-state index is 12.0. The predicted octanol–water partition coefficient (Wildman–Crippen LogP) is 3.13. The molecule has 1 fully saturated rings. The van der Waals surface area contributed by atoms with Crippen LogP contribution < -0.4 is 15.4 Å². The minimum Gasteiger partial charge on any atom is -0.354 e. The maximum atomic E-state index is 12.0. The molecule has 0 heterocycles. The molecule has 0 bridgehead atoms. The molecule has 0 aromatic heterocycles. The Morgan fingerprint density at radius 1 is 1.11 bits per heavy atom. The summed E-state index contributed by atoms with van der Waals surface area (Å²) in [5.41, 5.74) is 1.88. The van der Waals surface area contributed by atoms with Gasteiger partial charge in [0.15, 0.2) is 5.96 Å². The standard InChI is InChI=1S/C19H32N4O2S.HI/c1-15(2)23-26(24,25)14-17-11-9-16(10-12-17)13-21-19(20-3)22-18-7-5-4-6-8-18;/h9-12,15,18,23H,4-8,13-14H2,1-3H3,(H2,20,21,22);1H. The first kappa shape index (κ1) is 24.2. The van der Waals surface area contributed by atoms with Gasteiger partial charge in [-0.2, -0.15) is 0 Å². The van der Waals surface area contributed by atoms with Gasteiger partial charge in [-0.15, -0.1) is 24.0 Å². The predicted molar refractivity (Wildman–Crippen MR) is 123 cm³/mol. The van der Waals surface area contributed by atoms with Crippen LogP contribution in [0.1, 0.15) is 57.1 Å². The fraction of sp³-hybridized carbons (Fsp3) is 0.632. The van der Waals surface area contributed by atoms with Gasteiger partial charge in [0, 0.05) is 25.7 Å². The summed E-state index contributed by atoms with van der Waals surface area (Å²) < 4.78 is 26.6. The lowest BCUT2D eigenvalue weighted by Gasteiger charge is -2.24. The highest BCUT2D eigenvalue weighted by atomic mass is 127. The Kier molecular flexibility index (Phi) is 10.6. The van der Waals surface area contributed by atoms with E-state index in [0.717, 1.165) is 17.1 Å². The highest BCUT2D eigenvalue weighted by Crippen LogP contribution is 2.17. The van der Waals surface area contributed by atoms with Crippen LogP contribution in [0.4, 0.5) is 0 Å². The lowest BCUT2D eigenvalue weighted by Crippen LogP contribution is -2.43. The number of halogens is 1. The molecule has 0 unspecified atom stereocenters. The van der Waals surface area contributed by atoms with Crippen LogP contribution in [0.3, 0.4) is 0 Å². The molecule has 154 valence electrons. The molecule has 1 aliphatic carbocycles. The van der Waals surface area contributed by atoms with E-state index < -0.39 is 10.0 Å². The van der Waals surface area contributed by atoms with Crippen molar-refractivity contribution in [2.45, 2.75) is 70.3 Å². The first-order valence-electron chi connectivity index (χ1n) is 9.43. The van der Waals surface area contributed by atoms with Crippen LogP contribution >= 0.6 is 24.0 Å². The third kappa shape index (κ3) is 9.25. The zero-order valence-corrected chi connectivity index (χ0v) is 19.6.